The minimum atomic E-state index is 0. The summed E-state index contributed by atoms with van der Waals surface area (Å²) in [6.45, 7) is 2.25. The zero-order valence-corrected chi connectivity index (χ0v) is 7.00. The summed E-state index contributed by atoms with van der Waals surface area (Å²) in [4.78, 5) is 0. The third kappa shape index (κ3) is 3.77. The second kappa shape index (κ2) is 4.13. The van der Waals surface area contributed by atoms with Crippen molar-refractivity contribution in [3.05, 3.63) is 0 Å². The lowest BCUT2D eigenvalue weighted by atomic mass is 10.2. The molecule has 1 aliphatic rings. The lowest BCUT2D eigenvalue weighted by Gasteiger charge is -2.06. The van der Waals surface area contributed by atoms with E-state index in [-0.39, 0.29) is 12.4 Å². The molecule has 0 radical (unpaired) electrons. The zero-order valence-electron chi connectivity index (χ0n) is 6.18. The minimum Gasteiger partial charge on any atom is -0.317 e. The van der Waals surface area contributed by atoms with Crippen LogP contribution in [0.15, 0.2) is 0 Å². The maximum atomic E-state index is 3.24. The Morgan fingerprint density at radius 3 is 2.44 bits per heavy atom. The molecule has 0 saturated heterocycles. The summed E-state index contributed by atoms with van der Waals surface area (Å²) in [7, 11) is 2.03. The molecule has 0 bridgehead atoms. The van der Waals surface area contributed by atoms with Crippen molar-refractivity contribution in [2.24, 2.45) is 5.92 Å². The van der Waals surface area contributed by atoms with Gasteiger partial charge in [0, 0.05) is 6.04 Å². The van der Waals surface area contributed by atoms with Gasteiger partial charge >= 0.3 is 0 Å². The van der Waals surface area contributed by atoms with Crippen molar-refractivity contribution in [2.75, 3.05) is 7.05 Å². The van der Waals surface area contributed by atoms with E-state index in [9.17, 15) is 0 Å². The molecule has 1 nitrogen and oxygen atoms in total. The van der Waals surface area contributed by atoms with E-state index in [1.54, 1.807) is 0 Å². The SMILES string of the molecule is CNC(C)CC1CC1.Cl. The van der Waals surface area contributed by atoms with Gasteiger partial charge in [0.2, 0.25) is 0 Å². The summed E-state index contributed by atoms with van der Waals surface area (Å²) < 4.78 is 0. The number of rotatable bonds is 3. The van der Waals surface area contributed by atoms with Crippen molar-refractivity contribution >= 4 is 12.4 Å². The largest absolute Gasteiger partial charge is 0.317 e. The van der Waals surface area contributed by atoms with Crippen LogP contribution in [-0.4, -0.2) is 13.1 Å². The minimum absolute atomic E-state index is 0. The van der Waals surface area contributed by atoms with Gasteiger partial charge in [0.05, 0.1) is 0 Å². The van der Waals surface area contributed by atoms with Gasteiger partial charge in [-0.2, -0.15) is 0 Å². The topological polar surface area (TPSA) is 12.0 Å². The molecule has 0 aromatic carbocycles. The van der Waals surface area contributed by atoms with E-state index in [0.717, 1.165) is 12.0 Å². The fourth-order valence-corrected chi connectivity index (χ4v) is 0.971. The van der Waals surface area contributed by atoms with Gasteiger partial charge in [-0.05, 0) is 26.3 Å². The first-order valence-corrected chi connectivity index (χ1v) is 3.50. The van der Waals surface area contributed by atoms with Gasteiger partial charge in [0.1, 0.15) is 0 Å². The average Bonchev–Trinajstić information content (AvgIpc) is 2.50. The average molecular weight is 150 g/mol. The molecule has 0 aromatic heterocycles. The molecule has 56 valence electrons. The van der Waals surface area contributed by atoms with E-state index in [4.69, 9.17) is 0 Å². The normalized spacial score (nSPS) is 20.7. The van der Waals surface area contributed by atoms with Crippen molar-refractivity contribution in [1.29, 1.82) is 0 Å². The molecule has 2 heteroatoms. The summed E-state index contributed by atoms with van der Waals surface area (Å²) in [5.41, 5.74) is 0. The molecule has 1 atom stereocenters. The second-order valence-electron chi connectivity index (χ2n) is 2.87. The summed E-state index contributed by atoms with van der Waals surface area (Å²) in [5, 5.41) is 3.24. The van der Waals surface area contributed by atoms with Crippen LogP contribution in [0.5, 0.6) is 0 Å². The van der Waals surface area contributed by atoms with Crippen molar-refractivity contribution < 1.29 is 0 Å². The van der Waals surface area contributed by atoms with Gasteiger partial charge in [0.25, 0.3) is 0 Å². The first kappa shape index (κ1) is 9.25. The van der Waals surface area contributed by atoms with Gasteiger partial charge in [-0.3, -0.25) is 0 Å². The molecule has 1 rings (SSSR count). The van der Waals surface area contributed by atoms with E-state index in [0.29, 0.717) is 0 Å². The molecular weight excluding hydrogens is 134 g/mol. The lowest BCUT2D eigenvalue weighted by molar-refractivity contribution is 0.529. The van der Waals surface area contributed by atoms with Crippen LogP contribution in [-0.2, 0) is 0 Å². The number of halogens is 1. The number of hydrogen-bond donors (Lipinski definition) is 1. The Labute approximate surface area is 63.6 Å². The van der Waals surface area contributed by atoms with Crippen LogP contribution in [0.3, 0.4) is 0 Å². The highest BCUT2D eigenvalue weighted by atomic mass is 35.5. The Bertz CT molecular complexity index is 71.3. The van der Waals surface area contributed by atoms with Crippen molar-refractivity contribution in [3.63, 3.8) is 0 Å². The van der Waals surface area contributed by atoms with E-state index >= 15 is 0 Å². The molecule has 0 aromatic rings. The van der Waals surface area contributed by atoms with Crippen LogP contribution in [0.25, 0.3) is 0 Å². The van der Waals surface area contributed by atoms with E-state index in [1.807, 2.05) is 7.05 Å². The Morgan fingerprint density at radius 2 is 2.11 bits per heavy atom. The van der Waals surface area contributed by atoms with Gasteiger partial charge in [0.15, 0.2) is 0 Å². The number of nitrogens with one attached hydrogen (secondary N) is 1. The molecule has 1 N–H and O–H groups in total. The Hall–Kier alpha value is 0.250. The summed E-state index contributed by atoms with van der Waals surface area (Å²) in [6.07, 6.45) is 4.34. The zero-order chi connectivity index (χ0) is 5.98. The van der Waals surface area contributed by atoms with Crippen LogP contribution < -0.4 is 5.32 Å². The molecule has 0 heterocycles. The highest BCUT2D eigenvalue weighted by Crippen LogP contribution is 2.33. The van der Waals surface area contributed by atoms with Crippen LogP contribution in [0.1, 0.15) is 26.2 Å². The summed E-state index contributed by atoms with van der Waals surface area (Å²) >= 11 is 0. The van der Waals surface area contributed by atoms with Crippen molar-refractivity contribution in [2.45, 2.75) is 32.2 Å². The highest BCUT2D eigenvalue weighted by Gasteiger charge is 2.22. The monoisotopic (exact) mass is 149 g/mol. The predicted octanol–water partition coefficient (Wildman–Crippen LogP) is 1.82. The number of hydrogen-bond acceptors (Lipinski definition) is 1. The Morgan fingerprint density at radius 1 is 1.56 bits per heavy atom. The quantitative estimate of drug-likeness (QED) is 0.646. The molecule has 1 saturated carbocycles. The van der Waals surface area contributed by atoms with E-state index in [2.05, 4.69) is 12.2 Å². The maximum absolute atomic E-state index is 3.24. The Kier molecular flexibility index (Phi) is 4.24. The molecule has 1 fully saturated rings. The lowest BCUT2D eigenvalue weighted by Crippen LogP contribution is -2.21. The van der Waals surface area contributed by atoms with E-state index < -0.39 is 0 Å². The third-order valence-electron chi connectivity index (χ3n) is 1.88. The third-order valence-corrected chi connectivity index (χ3v) is 1.88. The fraction of sp³-hybridized carbons (Fsp3) is 1.00. The molecular formula is C7H16ClN. The van der Waals surface area contributed by atoms with Crippen molar-refractivity contribution in [1.82, 2.24) is 5.32 Å². The van der Waals surface area contributed by atoms with Crippen LogP contribution in [0, 0.1) is 5.92 Å². The van der Waals surface area contributed by atoms with Gasteiger partial charge in [-0.15, -0.1) is 12.4 Å². The molecule has 9 heavy (non-hydrogen) atoms. The van der Waals surface area contributed by atoms with Crippen LogP contribution in [0.4, 0.5) is 0 Å². The highest BCUT2D eigenvalue weighted by molar-refractivity contribution is 5.85. The van der Waals surface area contributed by atoms with Gasteiger partial charge < -0.3 is 5.32 Å². The molecule has 1 unspecified atom stereocenters. The summed E-state index contributed by atoms with van der Waals surface area (Å²) in [6, 6.07) is 0.738. The molecule has 0 spiro atoms. The first-order chi connectivity index (χ1) is 3.83. The van der Waals surface area contributed by atoms with Crippen LogP contribution >= 0.6 is 12.4 Å². The molecule has 0 aliphatic heterocycles. The summed E-state index contributed by atoms with van der Waals surface area (Å²) in [5.74, 6) is 1.07. The standard InChI is InChI=1S/C7H15N.ClH/c1-6(8-2)5-7-3-4-7;/h6-8H,3-5H2,1-2H3;1H. The first-order valence-electron chi connectivity index (χ1n) is 3.50. The molecule has 0 amide bonds. The van der Waals surface area contributed by atoms with Gasteiger partial charge in [-0.25, -0.2) is 0 Å². The van der Waals surface area contributed by atoms with Crippen LogP contribution in [0.2, 0.25) is 0 Å². The van der Waals surface area contributed by atoms with Gasteiger partial charge in [-0.1, -0.05) is 12.8 Å². The molecule has 1 aliphatic carbocycles. The fourth-order valence-electron chi connectivity index (χ4n) is 0.971. The predicted molar refractivity (Wildman–Crippen MR) is 43.1 cm³/mol. The smallest absolute Gasteiger partial charge is 0.00383 e. The second-order valence-corrected chi connectivity index (χ2v) is 2.87. The Balaban J connectivity index is 0.000000640. The van der Waals surface area contributed by atoms with E-state index in [1.165, 1.54) is 19.3 Å². The van der Waals surface area contributed by atoms with Crippen molar-refractivity contribution in [3.8, 4) is 0 Å². The maximum Gasteiger partial charge on any atom is 0.00383 e.